The number of nitrogens with one attached hydrogen (secondary N) is 1. The van der Waals surface area contributed by atoms with Gasteiger partial charge in [0.25, 0.3) is 0 Å². The Kier molecular flexibility index (Phi) is 4.19. The van der Waals surface area contributed by atoms with Gasteiger partial charge in [-0.15, -0.1) is 0 Å². The highest BCUT2D eigenvalue weighted by molar-refractivity contribution is 5.34. The number of ether oxygens (including phenoxy) is 1. The highest BCUT2D eigenvalue weighted by Gasteiger charge is 2.24. The summed E-state index contributed by atoms with van der Waals surface area (Å²) in [6.45, 7) is 5.62. The van der Waals surface area contributed by atoms with Crippen LogP contribution in [0.5, 0.6) is 5.75 Å². The van der Waals surface area contributed by atoms with E-state index in [0.29, 0.717) is 11.5 Å². The molecule has 3 atom stereocenters. The summed E-state index contributed by atoms with van der Waals surface area (Å²) in [4.78, 5) is 0. The summed E-state index contributed by atoms with van der Waals surface area (Å²) in [5.41, 5.74) is 0.598. The van der Waals surface area contributed by atoms with Gasteiger partial charge >= 0.3 is 0 Å². The van der Waals surface area contributed by atoms with Crippen LogP contribution in [0.1, 0.15) is 31.9 Å². The van der Waals surface area contributed by atoms with Crippen LogP contribution in [-0.4, -0.2) is 24.4 Å². The van der Waals surface area contributed by atoms with Gasteiger partial charge in [-0.3, -0.25) is 0 Å². The molecule has 0 saturated carbocycles. The van der Waals surface area contributed by atoms with Crippen molar-refractivity contribution in [3.05, 3.63) is 29.6 Å². The standard InChI is InChI=1S/C14H20FNO2/c1-9(11-5-6-18-8-11)16-10(2)13-7-12(15)3-4-14(13)17/h3-4,7,9-11,16-17H,5-6,8H2,1-2H3. The second-order valence-corrected chi connectivity index (χ2v) is 5.00. The molecule has 4 heteroatoms. The number of rotatable bonds is 4. The Morgan fingerprint density at radius 2 is 2.22 bits per heavy atom. The van der Waals surface area contributed by atoms with Crippen molar-refractivity contribution in [2.75, 3.05) is 13.2 Å². The molecule has 1 aliphatic heterocycles. The van der Waals surface area contributed by atoms with Crippen molar-refractivity contribution in [1.82, 2.24) is 5.32 Å². The zero-order chi connectivity index (χ0) is 13.1. The first-order chi connectivity index (χ1) is 8.58. The Hall–Kier alpha value is -1.13. The van der Waals surface area contributed by atoms with Gasteiger partial charge in [0.1, 0.15) is 11.6 Å². The molecule has 0 radical (unpaired) electrons. The van der Waals surface area contributed by atoms with Crippen molar-refractivity contribution in [1.29, 1.82) is 0 Å². The predicted octanol–water partition coefficient (Wildman–Crippen LogP) is 2.61. The van der Waals surface area contributed by atoms with Crippen LogP contribution in [0.15, 0.2) is 18.2 Å². The topological polar surface area (TPSA) is 41.5 Å². The van der Waals surface area contributed by atoms with E-state index in [2.05, 4.69) is 12.2 Å². The number of phenols is 1. The summed E-state index contributed by atoms with van der Waals surface area (Å²) in [5, 5.41) is 13.2. The number of hydrogen-bond donors (Lipinski definition) is 2. The third kappa shape index (κ3) is 3.00. The molecule has 0 aromatic heterocycles. The molecule has 18 heavy (non-hydrogen) atoms. The number of aromatic hydroxyl groups is 1. The molecule has 0 spiro atoms. The summed E-state index contributed by atoms with van der Waals surface area (Å²) in [6, 6.07) is 4.23. The Bertz CT molecular complexity index is 405. The Balaban J connectivity index is 2.02. The molecule has 1 saturated heterocycles. The lowest BCUT2D eigenvalue weighted by Gasteiger charge is -2.24. The van der Waals surface area contributed by atoms with Crippen LogP contribution in [0.3, 0.4) is 0 Å². The fourth-order valence-electron chi connectivity index (χ4n) is 2.44. The minimum Gasteiger partial charge on any atom is -0.508 e. The first-order valence-electron chi connectivity index (χ1n) is 6.40. The maximum Gasteiger partial charge on any atom is 0.123 e. The molecule has 0 aliphatic carbocycles. The minimum atomic E-state index is -0.326. The van der Waals surface area contributed by atoms with Crippen LogP contribution in [0.4, 0.5) is 4.39 Å². The van der Waals surface area contributed by atoms with E-state index < -0.39 is 0 Å². The largest absolute Gasteiger partial charge is 0.508 e. The van der Waals surface area contributed by atoms with Crippen LogP contribution >= 0.6 is 0 Å². The first-order valence-corrected chi connectivity index (χ1v) is 6.40. The molecule has 1 aliphatic rings. The molecular formula is C14H20FNO2. The van der Waals surface area contributed by atoms with Crippen molar-refractivity contribution in [3.8, 4) is 5.75 Å². The van der Waals surface area contributed by atoms with Crippen molar-refractivity contribution in [3.63, 3.8) is 0 Å². The summed E-state index contributed by atoms with van der Waals surface area (Å²) in [5.74, 6) is 0.294. The van der Waals surface area contributed by atoms with E-state index in [4.69, 9.17) is 4.74 Å². The second kappa shape index (κ2) is 5.67. The lowest BCUT2D eigenvalue weighted by molar-refractivity contribution is 0.177. The van der Waals surface area contributed by atoms with Gasteiger partial charge in [0.15, 0.2) is 0 Å². The normalized spacial score (nSPS) is 22.9. The molecule has 1 fully saturated rings. The van der Waals surface area contributed by atoms with Gasteiger partial charge in [0, 0.05) is 24.3 Å². The molecule has 2 N–H and O–H groups in total. The van der Waals surface area contributed by atoms with Crippen LogP contribution in [0, 0.1) is 11.7 Å². The Morgan fingerprint density at radius 1 is 1.44 bits per heavy atom. The van der Waals surface area contributed by atoms with E-state index in [9.17, 15) is 9.50 Å². The van der Waals surface area contributed by atoms with Crippen LogP contribution in [0.25, 0.3) is 0 Å². The zero-order valence-corrected chi connectivity index (χ0v) is 10.8. The van der Waals surface area contributed by atoms with Gasteiger partial charge in [0.05, 0.1) is 6.61 Å². The lowest BCUT2D eigenvalue weighted by atomic mass is 9.98. The molecule has 3 nitrogen and oxygen atoms in total. The maximum absolute atomic E-state index is 13.2. The van der Waals surface area contributed by atoms with E-state index in [1.165, 1.54) is 18.2 Å². The summed E-state index contributed by atoms with van der Waals surface area (Å²) < 4.78 is 18.5. The average Bonchev–Trinajstić information content (AvgIpc) is 2.85. The number of phenolic OH excluding ortho intramolecular Hbond substituents is 1. The summed E-state index contributed by atoms with van der Waals surface area (Å²) in [7, 11) is 0. The Labute approximate surface area is 107 Å². The molecule has 2 rings (SSSR count). The lowest BCUT2D eigenvalue weighted by Crippen LogP contribution is -2.35. The SMILES string of the molecule is CC(NC(C)C1CCOC1)c1cc(F)ccc1O. The average molecular weight is 253 g/mol. The molecule has 1 heterocycles. The molecule has 1 aromatic rings. The quantitative estimate of drug-likeness (QED) is 0.866. The van der Waals surface area contributed by atoms with Gasteiger partial charge < -0.3 is 15.2 Å². The van der Waals surface area contributed by atoms with Crippen LogP contribution in [0.2, 0.25) is 0 Å². The van der Waals surface area contributed by atoms with Crippen molar-refractivity contribution >= 4 is 0 Å². The first kappa shape index (κ1) is 13.3. The van der Waals surface area contributed by atoms with Gasteiger partial charge in [0.2, 0.25) is 0 Å². The van der Waals surface area contributed by atoms with Crippen LogP contribution < -0.4 is 5.32 Å². The second-order valence-electron chi connectivity index (χ2n) is 5.00. The smallest absolute Gasteiger partial charge is 0.123 e. The number of hydrogen-bond acceptors (Lipinski definition) is 3. The fourth-order valence-corrected chi connectivity index (χ4v) is 2.44. The molecule has 0 amide bonds. The highest BCUT2D eigenvalue weighted by atomic mass is 19.1. The van der Waals surface area contributed by atoms with Crippen molar-refractivity contribution < 1.29 is 14.2 Å². The van der Waals surface area contributed by atoms with Gasteiger partial charge in [-0.25, -0.2) is 4.39 Å². The molecule has 0 bridgehead atoms. The molecule has 1 aromatic carbocycles. The molecule has 100 valence electrons. The van der Waals surface area contributed by atoms with E-state index >= 15 is 0 Å². The third-order valence-corrected chi connectivity index (χ3v) is 3.64. The number of halogens is 1. The van der Waals surface area contributed by atoms with E-state index in [1.807, 2.05) is 6.92 Å². The summed E-state index contributed by atoms with van der Waals surface area (Å²) in [6.07, 6.45) is 1.05. The molecular weight excluding hydrogens is 233 g/mol. The van der Waals surface area contributed by atoms with Crippen molar-refractivity contribution in [2.45, 2.75) is 32.4 Å². The third-order valence-electron chi connectivity index (χ3n) is 3.64. The monoisotopic (exact) mass is 253 g/mol. The van der Waals surface area contributed by atoms with E-state index in [0.717, 1.165) is 19.6 Å². The van der Waals surface area contributed by atoms with Gasteiger partial charge in [-0.05, 0) is 44.4 Å². The Morgan fingerprint density at radius 3 is 2.89 bits per heavy atom. The maximum atomic E-state index is 13.2. The zero-order valence-electron chi connectivity index (χ0n) is 10.8. The van der Waals surface area contributed by atoms with E-state index in [-0.39, 0.29) is 23.7 Å². The minimum absolute atomic E-state index is 0.0868. The molecule has 3 unspecified atom stereocenters. The van der Waals surface area contributed by atoms with Gasteiger partial charge in [-0.2, -0.15) is 0 Å². The highest BCUT2D eigenvalue weighted by Crippen LogP contribution is 2.26. The fraction of sp³-hybridized carbons (Fsp3) is 0.571. The van der Waals surface area contributed by atoms with Crippen LogP contribution in [-0.2, 0) is 4.74 Å². The summed E-state index contributed by atoms with van der Waals surface area (Å²) >= 11 is 0. The number of benzene rings is 1. The van der Waals surface area contributed by atoms with E-state index in [1.54, 1.807) is 0 Å². The van der Waals surface area contributed by atoms with Crippen molar-refractivity contribution in [2.24, 2.45) is 5.92 Å². The predicted molar refractivity (Wildman–Crippen MR) is 68.0 cm³/mol. The van der Waals surface area contributed by atoms with Gasteiger partial charge in [-0.1, -0.05) is 0 Å².